The van der Waals surface area contributed by atoms with Crippen LogP contribution in [0.5, 0.6) is 17.2 Å². The molecule has 2 fully saturated rings. The molecule has 8 bridgehead atoms. The molecule has 5 aromatic rings. The van der Waals surface area contributed by atoms with Crippen molar-refractivity contribution in [2.45, 2.75) is 121 Å². The van der Waals surface area contributed by atoms with Gasteiger partial charge in [0.1, 0.15) is 40.8 Å². The molecule has 0 saturated heterocycles. The summed E-state index contributed by atoms with van der Waals surface area (Å²) in [6.07, 6.45) is 15.8. The average molecular weight is 1330 g/mol. The fourth-order valence-electron chi connectivity index (χ4n) is 10.7. The summed E-state index contributed by atoms with van der Waals surface area (Å²) in [6.45, 7) is 2.33. The molecule has 24 heteroatoms. The smallest absolute Gasteiger partial charge is 0.248 e. The van der Waals surface area contributed by atoms with Crippen LogP contribution in [0, 0.1) is 41.9 Å². The Morgan fingerprint density at radius 3 is 1.36 bits per heavy atom. The van der Waals surface area contributed by atoms with Crippen molar-refractivity contribution in [1.29, 1.82) is 0 Å². The number of phenols is 2. The van der Waals surface area contributed by atoms with Gasteiger partial charge in [0.15, 0.2) is 12.8 Å². The second-order valence-electron chi connectivity index (χ2n) is 20.6. The molecule has 0 radical (unpaired) electrons. The van der Waals surface area contributed by atoms with E-state index in [1.807, 2.05) is 36.4 Å². The van der Waals surface area contributed by atoms with Gasteiger partial charge in [-0.1, -0.05) is 127 Å². The zero-order valence-electron chi connectivity index (χ0n) is 46.2. The van der Waals surface area contributed by atoms with Crippen molar-refractivity contribution in [2.75, 3.05) is 19.6 Å². The molecule has 18 nitrogen and oxygen atoms in total. The molecule has 436 valence electrons. The van der Waals surface area contributed by atoms with Crippen LogP contribution >= 0.6 is 46.4 Å². The van der Waals surface area contributed by atoms with Gasteiger partial charge >= 0.3 is 0 Å². The number of benzene rings is 5. The van der Waals surface area contributed by atoms with Gasteiger partial charge in [0.2, 0.25) is 5.38 Å². The second kappa shape index (κ2) is 34.4. The Labute approximate surface area is 534 Å². The molecule has 1 heterocycles. The van der Waals surface area contributed by atoms with Gasteiger partial charge in [0, 0.05) is 128 Å². The first kappa shape index (κ1) is 69.0. The average Bonchev–Trinajstić information content (AvgIpc) is 3.58. The first-order valence-corrected chi connectivity index (χ1v) is 28.5. The molecule has 9 rings (SSSR count). The van der Waals surface area contributed by atoms with Gasteiger partial charge in [0.05, 0.1) is 46.6 Å². The normalized spacial score (nSPS) is 19.6. The number of aliphatic imine (C=N–C) groups is 4. The molecule has 2 saturated carbocycles. The van der Waals surface area contributed by atoms with Gasteiger partial charge in [-0.25, -0.2) is 0 Å². The molecule has 2 N–H and O–H groups in total. The van der Waals surface area contributed by atoms with E-state index >= 15 is 0 Å². The SMILES string of the molecule is O=[N+]([O-])[O-].O=[N+]([O-])[O-].[O-]C1=C2C[C+](Cl)C[C+]1C=N[C@H]1CCCC[C@@H]1N=Cc1cc(Cl)cc(c1[O-])CN(CCc1ccccc1)Cc1cc(Cl)cc(c1O)C=N[C@H]1CCCC[C@@H]1N=Cc1cc(Cl)cc(c1O)CN(CCc1ccccc1)C2.[Zn].[Zn]. The molecule has 4 atom stereocenters. The molecular weight excluding hydrogens is 1270 g/mol. The van der Waals surface area contributed by atoms with Crippen LogP contribution < -0.4 is 10.2 Å². The maximum Gasteiger partial charge on any atom is 0.248 e. The molecule has 0 aromatic heterocycles. The van der Waals surface area contributed by atoms with E-state index < -0.39 is 10.2 Å². The first-order valence-electron chi connectivity index (χ1n) is 26.9. The zero-order chi connectivity index (χ0) is 58.7. The van der Waals surface area contributed by atoms with Gasteiger partial charge in [-0.3, -0.25) is 29.8 Å². The van der Waals surface area contributed by atoms with Crippen LogP contribution in [-0.4, -0.2) is 98.8 Å². The van der Waals surface area contributed by atoms with Crippen LogP contribution in [0.4, 0.5) is 0 Å². The minimum atomic E-state index is -1.75. The van der Waals surface area contributed by atoms with E-state index in [2.05, 4.69) is 34.1 Å². The standard InChI is InChI=1S/C60H62Cl4N6O4.2NO3.2Zn/c61-49-23-41-31-65-53-15-7-9-17-55(53)67-33-43-25-51(63)29-47(59(43)73)37-70(22-20-40-13-5-2-6-14-40)38-48-30-52(64)26-44(60(48)74)34-68-56-18-10-8-16-54(56)66-32-42-24-50(62)28-46(58(42)72)36-69(35-45(27-49)57(41)71)21-19-39-11-3-1-4-12-39;2*2-1(3)4;;/h1-6,11-14,23-25,27-29,31-34,53-56H,7-10,15-22,26,30,35-38H2,(H2-2,65,66,67,71,72,73,74);;;;/q;2*-1;;/t53-,54-,55-,56-;;;;/m0..../s1. The molecule has 1 aliphatic heterocycles. The number of allylic oxidation sites excluding steroid dienone is 1. The molecule has 84 heavy (non-hydrogen) atoms. The van der Waals surface area contributed by atoms with Crippen LogP contribution in [-0.2, 0) is 71.4 Å². The maximum atomic E-state index is 14.4. The molecule has 4 aliphatic rings. The number of halogens is 4. The van der Waals surface area contributed by atoms with E-state index in [1.165, 1.54) is 0 Å². The number of hydrogen-bond donors (Lipinski definition) is 2. The van der Waals surface area contributed by atoms with Crippen LogP contribution in [0.2, 0.25) is 15.1 Å². The number of nitrogens with zero attached hydrogens (tertiary/aromatic N) is 8. The number of fused-ring (bicyclic) bond motifs is 9. The van der Waals surface area contributed by atoms with E-state index in [-0.39, 0.29) is 99.2 Å². The van der Waals surface area contributed by atoms with Crippen molar-refractivity contribution < 1.29 is 69.6 Å². The third kappa shape index (κ3) is 21.3. The Balaban J connectivity index is 0.00000121. The maximum absolute atomic E-state index is 14.4. The predicted octanol–water partition coefficient (Wildman–Crippen LogP) is 11.4. The van der Waals surface area contributed by atoms with E-state index in [4.69, 9.17) is 97.0 Å². The van der Waals surface area contributed by atoms with E-state index in [1.54, 1.807) is 61.3 Å². The minimum Gasteiger partial charge on any atom is -0.872 e. The summed E-state index contributed by atoms with van der Waals surface area (Å²) in [4.78, 5) is 40.9. The van der Waals surface area contributed by atoms with Crippen molar-refractivity contribution in [3.05, 3.63) is 210 Å². The largest absolute Gasteiger partial charge is 0.872 e. The van der Waals surface area contributed by atoms with Crippen molar-refractivity contribution in [3.8, 4) is 17.2 Å². The topological polar surface area (TPSA) is 275 Å². The van der Waals surface area contributed by atoms with Gasteiger partial charge in [-0.15, -0.1) is 0 Å². The summed E-state index contributed by atoms with van der Waals surface area (Å²) in [6, 6.07) is 29.9. The Morgan fingerprint density at radius 1 is 0.548 bits per heavy atom. The molecular formula is C60H62Cl4N8O10Zn2-2. The van der Waals surface area contributed by atoms with Crippen LogP contribution in [0.25, 0.3) is 0 Å². The Kier molecular flexibility index (Phi) is 28.2. The monoisotopic (exact) mass is 1320 g/mol. The van der Waals surface area contributed by atoms with E-state index in [9.17, 15) is 20.4 Å². The van der Waals surface area contributed by atoms with Gasteiger partial charge in [-0.05, 0) is 97.2 Å². The van der Waals surface area contributed by atoms with Crippen molar-refractivity contribution in [1.82, 2.24) is 9.80 Å². The Morgan fingerprint density at radius 2 is 0.917 bits per heavy atom. The van der Waals surface area contributed by atoms with E-state index in [0.29, 0.717) is 117 Å². The van der Waals surface area contributed by atoms with Crippen molar-refractivity contribution in [2.24, 2.45) is 20.0 Å². The summed E-state index contributed by atoms with van der Waals surface area (Å²) in [5.74, 6) is 0.415. The first-order chi connectivity index (χ1) is 39.4. The molecule has 5 aromatic carbocycles. The number of aromatic hydroxyl groups is 2. The summed E-state index contributed by atoms with van der Waals surface area (Å²) in [5.41, 5.74) is 6.01. The van der Waals surface area contributed by atoms with Crippen molar-refractivity contribution >= 4 is 71.3 Å². The summed E-state index contributed by atoms with van der Waals surface area (Å²) < 4.78 is 0. The Bertz CT molecular complexity index is 3110. The predicted molar refractivity (Wildman–Crippen MR) is 319 cm³/mol. The summed E-state index contributed by atoms with van der Waals surface area (Å²) in [5, 5.41) is 84.1. The van der Waals surface area contributed by atoms with Gasteiger partial charge < -0.3 is 51.1 Å². The number of phenolic OH excluding ortho intramolecular Hbond substituents is 2. The fraction of sp³-hybridized carbons (Fsp3) is 0.367. The van der Waals surface area contributed by atoms with Crippen LogP contribution in [0.15, 0.2) is 128 Å². The number of rotatable bonds is 6. The molecule has 0 amide bonds. The fourth-order valence-corrected chi connectivity index (χ4v) is 11.7. The molecule has 0 unspecified atom stereocenters. The van der Waals surface area contributed by atoms with E-state index in [0.717, 1.165) is 62.5 Å². The minimum absolute atomic E-state index is 0. The quantitative estimate of drug-likeness (QED) is 0.0695. The number of hydrogen-bond acceptors (Lipinski definition) is 16. The third-order valence-electron chi connectivity index (χ3n) is 14.7. The Hall–Kier alpha value is -5.81. The third-order valence-corrected chi connectivity index (χ3v) is 15.6. The second-order valence-corrected chi connectivity index (χ2v) is 22.5. The van der Waals surface area contributed by atoms with Gasteiger partial charge in [0.25, 0.3) is 0 Å². The van der Waals surface area contributed by atoms with Crippen molar-refractivity contribution in [3.63, 3.8) is 0 Å². The molecule has 0 spiro atoms. The van der Waals surface area contributed by atoms with Crippen LogP contribution in [0.1, 0.15) is 109 Å². The summed E-state index contributed by atoms with van der Waals surface area (Å²) in [7, 11) is 0. The van der Waals surface area contributed by atoms with Crippen LogP contribution in [0.3, 0.4) is 0 Å². The molecule has 3 aliphatic carbocycles. The van der Waals surface area contributed by atoms with Gasteiger partial charge in [-0.2, -0.15) is 0 Å². The summed E-state index contributed by atoms with van der Waals surface area (Å²) >= 11 is 27.3. The zero-order valence-corrected chi connectivity index (χ0v) is 55.2.